The molecule has 22 heavy (non-hydrogen) atoms. The molecule has 0 spiro atoms. The predicted molar refractivity (Wildman–Crippen MR) is 91.6 cm³/mol. The van der Waals surface area contributed by atoms with Crippen LogP contribution in [0.15, 0.2) is 58.5 Å². The van der Waals surface area contributed by atoms with E-state index < -0.39 is 9.84 Å². The maximum absolute atomic E-state index is 12.2. The molecule has 0 saturated carbocycles. The molecule has 0 saturated heterocycles. The molecule has 0 unspecified atom stereocenters. The van der Waals surface area contributed by atoms with E-state index in [1.54, 1.807) is 30.3 Å². The topological polar surface area (TPSA) is 54.4 Å². The van der Waals surface area contributed by atoms with Crippen molar-refractivity contribution in [2.24, 2.45) is 0 Å². The van der Waals surface area contributed by atoms with Gasteiger partial charge < -0.3 is 5.11 Å². The molecule has 0 aliphatic carbocycles. The first-order chi connectivity index (χ1) is 10.5. The van der Waals surface area contributed by atoms with E-state index in [-0.39, 0.29) is 12.4 Å². The van der Waals surface area contributed by atoms with Crippen LogP contribution in [0.5, 0.6) is 0 Å². The van der Waals surface area contributed by atoms with Crippen molar-refractivity contribution in [2.75, 3.05) is 12.4 Å². The average Bonchev–Trinajstić information content (AvgIpc) is 2.52. The Morgan fingerprint density at radius 1 is 1.05 bits per heavy atom. The molecule has 122 valence electrons. The minimum absolute atomic E-state index is 0.0516. The zero-order valence-corrected chi connectivity index (χ0v) is 14.3. The lowest BCUT2D eigenvalue weighted by Gasteiger charge is -2.03. The van der Waals surface area contributed by atoms with Gasteiger partial charge in [-0.05, 0) is 51.7 Å². The predicted octanol–water partition coefficient (Wildman–Crippen LogP) is 3.91. The number of allylic oxidation sites excluding steroid dienone is 3. The van der Waals surface area contributed by atoms with E-state index in [4.69, 9.17) is 5.11 Å². The van der Waals surface area contributed by atoms with Gasteiger partial charge in [-0.1, -0.05) is 41.5 Å². The van der Waals surface area contributed by atoms with Crippen LogP contribution in [-0.4, -0.2) is 25.9 Å². The molecule has 4 heteroatoms. The first-order valence-corrected chi connectivity index (χ1v) is 9.31. The Morgan fingerprint density at radius 3 is 2.32 bits per heavy atom. The van der Waals surface area contributed by atoms with Crippen LogP contribution < -0.4 is 0 Å². The lowest BCUT2D eigenvalue weighted by molar-refractivity contribution is 0.288. The van der Waals surface area contributed by atoms with Crippen LogP contribution in [-0.2, 0) is 9.84 Å². The van der Waals surface area contributed by atoms with Crippen molar-refractivity contribution in [1.82, 2.24) is 0 Å². The van der Waals surface area contributed by atoms with Crippen molar-refractivity contribution in [3.63, 3.8) is 0 Å². The summed E-state index contributed by atoms with van der Waals surface area (Å²) in [5.41, 5.74) is 2.37. The van der Waals surface area contributed by atoms with Crippen molar-refractivity contribution in [1.29, 1.82) is 0 Å². The van der Waals surface area contributed by atoms with Crippen molar-refractivity contribution >= 4 is 9.84 Å². The highest BCUT2D eigenvalue weighted by atomic mass is 32.2. The Kier molecular flexibility index (Phi) is 8.13. The highest BCUT2D eigenvalue weighted by Gasteiger charge is 2.11. The van der Waals surface area contributed by atoms with Crippen LogP contribution in [0.1, 0.15) is 39.5 Å². The third-order valence-electron chi connectivity index (χ3n) is 3.51. The fraction of sp³-hybridized carbons (Fsp3) is 0.444. The Labute approximate surface area is 134 Å². The molecule has 3 nitrogen and oxygen atoms in total. The number of hydrogen-bond donors (Lipinski definition) is 1. The average molecular weight is 322 g/mol. The minimum Gasteiger partial charge on any atom is -0.396 e. The maximum Gasteiger partial charge on any atom is 0.181 e. The van der Waals surface area contributed by atoms with Gasteiger partial charge in [0.15, 0.2) is 9.84 Å². The summed E-state index contributed by atoms with van der Waals surface area (Å²) in [5.74, 6) is 0.0516. The van der Waals surface area contributed by atoms with Gasteiger partial charge in [0.1, 0.15) is 0 Å². The molecular formula is C18H26O3S. The highest BCUT2D eigenvalue weighted by molar-refractivity contribution is 7.91. The molecule has 0 atom stereocenters. The second-order valence-corrected chi connectivity index (χ2v) is 7.60. The van der Waals surface area contributed by atoms with E-state index in [0.29, 0.717) is 4.90 Å². The monoisotopic (exact) mass is 322 g/mol. The number of aliphatic hydroxyl groups is 1. The number of aliphatic hydroxyl groups excluding tert-OH is 1. The smallest absolute Gasteiger partial charge is 0.181 e. The third kappa shape index (κ3) is 7.05. The Bertz CT molecular complexity index is 598. The van der Waals surface area contributed by atoms with Gasteiger partial charge in [-0.2, -0.15) is 0 Å². The standard InChI is InChI=1S/C18H26O3S/c1-16(10-7-14-19)8-6-9-17(2)13-15-22(20,21)18-11-4-3-5-12-18/h3-5,8,11-13,19H,6-7,9-10,14-15H2,1-2H3. The quantitative estimate of drug-likeness (QED) is 0.701. The lowest BCUT2D eigenvalue weighted by atomic mass is 10.1. The van der Waals surface area contributed by atoms with E-state index in [0.717, 1.165) is 31.3 Å². The summed E-state index contributed by atoms with van der Waals surface area (Å²) in [5, 5.41) is 8.78. The summed E-state index contributed by atoms with van der Waals surface area (Å²) >= 11 is 0. The fourth-order valence-electron chi connectivity index (χ4n) is 2.08. The minimum atomic E-state index is -3.23. The van der Waals surface area contributed by atoms with Gasteiger partial charge in [0, 0.05) is 6.61 Å². The number of hydrogen-bond acceptors (Lipinski definition) is 3. The van der Waals surface area contributed by atoms with Crippen molar-refractivity contribution < 1.29 is 13.5 Å². The number of benzene rings is 1. The second-order valence-electron chi connectivity index (χ2n) is 5.56. The second kappa shape index (κ2) is 9.59. The Hall–Kier alpha value is -1.39. The van der Waals surface area contributed by atoms with Gasteiger partial charge in [0.2, 0.25) is 0 Å². The zero-order chi connectivity index (χ0) is 16.4. The van der Waals surface area contributed by atoms with E-state index >= 15 is 0 Å². The lowest BCUT2D eigenvalue weighted by Crippen LogP contribution is -2.04. The molecule has 1 rings (SSSR count). The first-order valence-electron chi connectivity index (χ1n) is 7.65. The summed E-state index contributed by atoms with van der Waals surface area (Å²) in [4.78, 5) is 0.374. The number of rotatable bonds is 9. The Balaban J connectivity index is 2.49. The van der Waals surface area contributed by atoms with E-state index in [1.165, 1.54) is 5.57 Å². The van der Waals surface area contributed by atoms with Crippen LogP contribution in [0.3, 0.4) is 0 Å². The fourth-order valence-corrected chi connectivity index (χ4v) is 3.35. The highest BCUT2D eigenvalue weighted by Crippen LogP contribution is 2.13. The normalized spacial score (nSPS) is 13.4. The van der Waals surface area contributed by atoms with Gasteiger partial charge in [-0.3, -0.25) is 0 Å². The molecule has 0 fully saturated rings. The summed E-state index contributed by atoms with van der Waals surface area (Å²) in [7, 11) is -3.23. The molecule has 1 aromatic rings. The van der Waals surface area contributed by atoms with Crippen LogP contribution in [0.25, 0.3) is 0 Å². The van der Waals surface area contributed by atoms with Crippen LogP contribution in [0.2, 0.25) is 0 Å². The third-order valence-corrected chi connectivity index (χ3v) is 5.11. The summed E-state index contributed by atoms with van der Waals surface area (Å²) in [6.07, 6.45) is 7.46. The SMILES string of the molecule is CC(=CCS(=O)(=O)c1ccccc1)CCC=C(C)CCCO. The van der Waals surface area contributed by atoms with Gasteiger partial charge in [0.25, 0.3) is 0 Å². The van der Waals surface area contributed by atoms with Crippen LogP contribution in [0, 0.1) is 0 Å². The van der Waals surface area contributed by atoms with Gasteiger partial charge in [-0.25, -0.2) is 8.42 Å². The van der Waals surface area contributed by atoms with Crippen LogP contribution in [0.4, 0.5) is 0 Å². The number of sulfone groups is 1. The molecular weight excluding hydrogens is 296 g/mol. The first kappa shape index (κ1) is 18.7. The van der Waals surface area contributed by atoms with E-state index in [2.05, 4.69) is 13.0 Å². The maximum atomic E-state index is 12.2. The molecule has 0 aliphatic heterocycles. The molecule has 0 bridgehead atoms. The van der Waals surface area contributed by atoms with Crippen LogP contribution >= 0.6 is 0 Å². The Morgan fingerprint density at radius 2 is 1.68 bits per heavy atom. The van der Waals surface area contributed by atoms with Crippen molar-refractivity contribution in [2.45, 2.75) is 44.4 Å². The molecule has 1 aromatic carbocycles. The summed E-state index contributed by atoms with van der Waals surface area (Å²) in [6.45, 7) is 4.26. The van der Waals surface area contributed by atoms with E-state index in [9.17, 15) is 8.42 Å². The van der Waals surface area contributed by atoms with Crippen molar-refractivity contribution in [3.8, 4) is 0 Å². The summed E-state index contributed by atoms with van der Waals surface area (Å²) in [6, 6.07) is 8.55. The van der Waals surface area contributed by atoms with Gasteiger partial charge in [0.05, 0.1) is 10.6 Å². The van der Waals surface area contributed by atoms with Gasteiger partial charge in [-0.15, -0.1) is 0 Å². The largest absolute Gasteiger partial charge is 0.396 e. The molecule has 0 radical (unpaired) electrons. The molecule has 0 heterocycles. The van der Waals surface area contributed by atoms with Crippen molar-refractivity contribution in [3.05, 3.63) is 53.6 Å². The van der Waals surface area contributed by atoms with E-state index in [1.807, 2.05) is 13.0 Å². The summed E-state index contributed by atoms with van der Waals surface area (Å²) < 4.78 is 24.3. The molecule has 0 aromatic heterocycles. The zero-order valence-electron chi connectivity index (χ0n) is 13.5. The van der Waals surface area contributed by atoms with Gasteiger partial charge >= 0.3 is 0 Å². The molecule has 1 N–H and O–H groups in total. The molecule has 0 aliphatic rings. The molecule has 0 amide bonds.